The Balaban J connectivity index is 1.44. The summed E-state index contributed by atoms with van der Waals surface area (Å²) in [6.45, 7) is 4.60. The van der Waals surface area contributed by atoms with Crippen molar-refractivity contribution in [3.05, 3.63) is 35.6 Å². The van der Waals surface area contributed by atoms with E-state index < -0.39 is 6.10 Å². The quantitative estimate of drug-likeness (QED) is 0.745. The van der Waals surface area contributed by atoms with Crippen molar-refractivity contribution < 1.29 is 23.5 Å². The zero-order valence-electron chi connectivity index (χ0n) is 17.7. The number of esters is 1. The minimum Gasteiger partial charge on any atom is -0.452 e. The minimum absolute atomic E-state index is 0.146. The molecule has 1 heterocycles. The van der Waals surface area contributed by atoms with Gasteiger partial charge in [0.25, 0.3) is 11.8 Å². The highest BCUT2D eigenvalue weighted by Gasteiger charge is 2.32. The Kier molecular flexibility index (Phi) is 7.45. The van der Waals surface area contributed by atoms with E-state index in [0.29, 0.717) is 37.4 Å². The monoisotopic (exact) mass is 418 g/mol. The first-order valence-electron chi connectivity index (χ1n) is 10.9. The van der Waals surface area contributed by atoms with Crippen molar-refractivity contribution >= 4 is 17.8 Å². The van der Waals surface area contributed by atoms with Crippen LogP contribution in [0.15, 0.2) is 24.3 Å². The van der Waals surface area contributed by atoms with Gasteiger partial charge in [-0.2, -0.15) is 0 Å². The number of nitrogens with zero attached hydrogens (tertiary/aromatic N) is 1. The summed E-state index contributed by atoms with van der Waals surface area (Å²) in [6, 6.07) is 5.60. The van der Waals surface area contributed by atoms with E-state index in [0.717, 1.165) is 19.3 Å². The fraction of sp³-hybridized carbons (Fsp3) is 0.609. The summed E-state index contributed by atoms with van der Waals surface area (Å²) in [5, 5.41) is 3.03. The maximum absolute atomic E-state index is 13.0. The van der Waals surface area contributed by atoms with Crippen molar-refractivity contribution in [3.8, 4) is 0 Å². The largest absolute Gasteiger partial charge is 0.452 e. The van der Waals surface area contributed by atoms with Crippen molar-refractivity contribution in [2.24, 2.45) is 11.8 Å². The van der Waals surface area contributed by atoms with Crippen LogP contribution in [0.2, 0.25) is 0 Å². The van der Waals surface area contributed by atoms with Crippen molar-refractivity contribution in [2.45, 2.75) is 64.5 Å². The molecule has 1 aliphatic heterocycles. The predicted molar refractivity (Wildman–Crippen MR) is 110 cm³/mol. The Labute approximate surface area is 177 Å². The molecular weight excluding hydrogens is 387 g/mol. The van der Waals surface area contributed by atoms with E-state index in [1.807, 2.05) is 0 Å². The number of benzene rings is 1. The number of amides is 2. The van der Waals surface area contributed by atoms with Crippen molar-refractivity contribution in [1.29, 1.82) is 0 Å². The van der Waals surface area contributed by atoms with Gasteiger partial charge in [-0.05, 0) is 62.8 Å². The Morgan fingerprint density at radius 1 is 1.07 bits per heavy atom. The molecule has 1 N–H and O–H groups in total. The number of piperidine rings is 1. The third-order valence-corrected chi connectivity index (χ3v) is 6.31. The lowest BCUT2D eigenvalue weighted by molar-refractivity contribution is -0.160. The molecule has 2 amide bonds. The summed E-state index contributed by atoms with van der Waals surface area (Å²) in [5.74, 6) is -1.07. The van der Waals surface area contributed by atoms with E-state index >= 15 is 0 Å². The first-order valence-corrected chi connectivity index (χ1v) is 10.9. The highest BCUT2D eigenvalue weighted by Crippen LogP contribution is 2.24. The van der Waals surface area contributed by atoms with Gasteiger partial charge in [-0.15, -0.1) is 0 Å². The second kappa shape index (κ2) is 10.0. The van der Waals surface area contributed by atoms with Gasteiger partial charge in [-0.25, -0.2) is 4.39 Å². The molecule has 0 aromatic heterocycles. The molecule has 2 aliphatic rings. The molecule has 1 saturated carbocycles. The molecular formula is C23H31FN2O4. The second-order valence-electron chi connectivity index (χ2n) is 8.53. The van der Waals surface area contributed by atoms with E-state index in [1.54, 1.807) is 11.8 Å². The molecule has 0 bridgehead atoms. The molecule has 1 aromatic carbocycles. The molecule has 7 heteroatoms. The van der Waals surface area contributed by atoms with Crippen LogP contribution in [-0.2, 0) is 14.3 Å². The summed E-state index contributed by atoms with van der Waals surface area (Å²) in [4.78, 5) is 39.1. The van der Waals surface area contributed by atoms with Crippen molar-refractivity contribution in [2.75, 3.05) is 13.1 Å². The third kappa shape index (κ3) is 5.58. The number of carbonyl (C=O) groups is 3. The second-order valence-corrected chi connectivity index (χ2v) is 8.53. The van der Waals surface area contributed by atoms with Crippen LogP contribution >= 0.6 is 0 Å². The number of hydrogen-bond donors (Lipinski definition) is 1. The lowest BCUT2D eigenvalue weighted by Gasteiger charge is -2.32. The number of ether oxygens (including phenoxy) is 1. The molecule has 2 fully saturated rings. The third-order valence-electron chi connectivity index (χ3n) is 6.31. The molecule has 1 aromatic rings. The fourth-order valence-corrected chi connectivity index (χ4v) is 4.25. The van der Waals surface area contributed by atoms with Gasteiger partial charge in [0.15, 0.2) is 6.10 Å². The summed E-state index contributed by atoms with van der Waals surface area (Å²) >= 11 is 0. The van der Waals surface area contributed by atoms with E-state index in [-0.39, 0.29) is 35.6 Å². The highest BCUT2D eigenvalue weighted by atomic mass is 19.1. The molecule has 1 saturated heterocycles. The smallest absolute Gasteiger partial charge is 0.309 e. The van der Waals surface area contributed by atoms with E-state index in [4.69, 9.17) is 4.74 Å². The van der Waals surface area contributed by atoms with Crippen LogP contribution in [0.5, 0.6) is 0 Å². The average Bonchev–Trinajstić information content (AvgIpc) is 2.75. The van der Waals surface area contributed by atoms with Gasteiger partial charge in [0.2, 0.25) is 0 Å². The van der Waals surface area contributed by atoms with Crippen LogP contribution in [0, 0.1) is 17.7 Å². The normalized spacial score (nSPS) is 23.5. The Hall–Kier alpha value is -2.44. The summed E-state index contributed by atoms with van der Waals surface area (Å²) in [7, 11) is 0. The summed E-state index contributed by atoms with van der Waals surface area (Å²) < 4.78 is 18.5. The van der Waals surface area contributed by atoms with E-state index in [9.17, 15) is 18.8 Å². The number of halogens is 1. The Bertz CT molecular complexity index is 759. The molecule has 6 nitrogen and oxygen atoms in total. The van der Waals surface area contributed by atoms with Gasteiger partial charge in [0, 0.05) is 24.7 Å². The zero-order valence-corrected chi connectivity index (χ0v) is 17.7. The molecule has 3 rings (SSSR count). The van der Waals surface area contributed by atoms with Gasteiger partial charge < -0.3 is 15.0 Å². The van der Waals surface area contributed by atoms with Crippen LogP contribution < -0.4 is 5.32 Å². The molecule has 30 heavy (non-hydrogen) atoms. The predicted octanol–water partition coefficient (Wildman–Crippen LogP) is 3.30. The van der Waals surface area contributed by atoms with Crippen LogP contribution in [0.25, 0.3) is 0 Å². The topological polar surface area (TPSA) is 75.7 Å². The Morgan fingerprint density at radius 2 is 1.70 bits per heavy atom. The maximum Gasteiger partial charge on any atom is 0.309 e. The van der Waals surface area contributed by atoms with E-state index in [1.165, 1.54) is 30.7 Å². The van der Waals surface area contributed by atoms with Gasteiger partial charge >= 0.3 is 5.97 Å². The van der Waals surface area contributed by atoms with E-state index in [2.05, 4.69) is 12.2 Å². The minimum atomic E-state index is -0.828. The summed E-state index contributed by atoms with van der Waals surface area (Å²) in [6.07, 6.45) is 4.52. The van der Waals surface area contributed by atoms with Crippen molar-refractivity contribution in [1.82, 2.24) is 10.2 Å². The lowest BCUT2D eigenvalue weighted by atomic mass is 9.86. The highest BCUT2D eigenvalue weighted by molar-refractivity contribution is 5.94. The van der Waals surface area contributed by atoms with Gasteiger partial charge in [0.1, 0.15) is 5.82 Å². The number of rotatable bonds is 5. The van der Waals surface area contributed by atoms with Gasteiger partial charge in [-0.1, -0.05) is 19.8 Å². The number of likely N-dealkylation sites (tertiary alicyclic amines) is 1. The zero-order chi connectivity index (χ0) is 21.7. The van der Waals surface area contributed by atoms with Crippen LogP contribution in [0.1, 0.15) is 62.7 Å². The van der Waals surface area contributed by atoms with Gasteiger partial charge in [-0.3, -0.25) is 14.4 Å². The fourth-order valence-electron chi connectivity index (χ4n) is 4.25. The van der Waals surface area contributed by atoms with Crippen LogP contribution in [-0.4, -0.2) is 47.9 Å². The van der Waals surface area contributed by atoms with Crippen LogP contribution in [0.3, 0.4) is 0 Å². The standard InChI is InChI=1S/C23H31FN2O4/c1-15-5-3-4-6-20(15)25-21(27)16(2)30-23(29)18-11-13-26(14-12-18)22(28)17-7-9-19(24)10-8-17/h7-10,15-16,18,20H,3-6,11-14H2,1-2H3,(H,25,27)/t15-,16+,20-/m0/s1. The first-order chi connectivity index (χ1) is 14.3. The molecule has 0 unspecified atom stereocenters. The summed E-state index contributed by atoms with van der Waals surface area (Å²) in [5.41, 5.74) is 0.430. The number of hydrogen-bond acceptors (Lipinski definition) is 4. The molecule has 3 atom stereocenters. The first kappa shape index (κ1) is 22.2. The molecule has 0 radical (unpaired) electrons. The maximum atomic E-state index is 13.0. The number of nitrogens with one attached hydrogen (secondary N) is 1. The molecule has 164 valence electrons. The number of carbonyl (C=O) groups excluding carboxylic acids is 3. The van der Waals surface area contributed by atoms with Crippen molar-refractivity contribution in [3.63, 3.8) is 0 Å². The van der Waals surface area contributed by atoms with Gasteiger partial charge in [0.05, 0.1) is 5.92 Å². The average molecular weight is 419 g/mol. The van der Waals surface area contributed by atoms with Crippen LogP contribution in [0.4, 0.5) is 4.39 Å². The Morgan fingerprint density at radius 3 is 2.33 bits per heavy atom. The molecule has 1 aliphatic carbocycles. The lowest BCUT2D eigenvalue weighted by Crippen LogP contribution is -2.47. The SMILES string of the molecule is C[C@@H](OC(=O)C1CCN(C(=O)c2ccc(F)cc2)CC1)C(=O)N[C@H]1CCCC[C@@H]1C. The molecule has 0 spiro atoms.